The van der Waals surface area contributed by atoms with E-state index in [1.807, 2.05) is 24.3 Å². The maximum absolute atomic E-state index is 11.8. The summed E-state index contributed by atoms with van der Waals surface area (Å²) >= 11 is 0. The minimum absolute atomic E-state index is 0.130. The first kappa shape index (κ1) is 14.8. The predicted molar refractivity (Wildman–Crippen MR) is 83.4 cm³/mol. The van der Waals surface area contributed by atoms with Gasteiger partial charge in [0.25, 0.3) is 0 Å². The summed E-state index contributed by atoms with van der Waals surface area (Å²) in [4.78, 5) is 11.8. The summed E-state index contributed by atoms with van der Waals surface area (Å²) in [5.74, 6) is -0.0587. The van der Waals surface area contributed by atoms with E-state index in [0.717, 1.165) is 12.0 Å². The third kappa shape index (κ3) is 4.45. The molecule has 21 heavy (non-hydrogen) atoms. The zero-order valence-electron chi connectivity index (χ0n) is 11.9. The Kier molecular flexibility index (Phi) is 5.10. The van der Waals surface area contributed by atoms with Crippen LogP contribution in [0.2, 0.25) is 0 Å². The molecule has 0 atom stereocenters. The lowest BCUT2D eigenvalue weighted by molar-refractivity contribution is -0.120. The van der Waals surface area contributed by atoms with Gasteiger partial charge in [-0.3, -0.25) is 4.79 Å². The average molecular weight is 282 g/mol. The molecular weight excluding hydrogens is 264 g/mol. The van der Waals surface area contributed by atoms with Gasteiger partial charge in [0.1, 0.15) is 5.75 Å². The van der Waals surface area contributed by atoms with E-state index in [1.165, 1.54) is 11.8 Å². The van der Waals surface area contributed by atoms with Crippen molar-refractivity contribution < 1.29 is 9.90 Å². The van der Waals surface area contributed by atoms with Gasteiger partial charge in [-0.15, -0.1) is 0 Å². The monoisotopic (exact) mass is 282 g/mol. The molecule has 2 aromatic rings. The van der Waals surface area contributed by atoms with E-state index >= 15 is 0 Å². The predicted octanol–water partition coefficient (Wildman–Crippen LogP) is 2.65. The molecular formula is C17H18N2O2. The number of hydrogen-bond acceptors (Lipinski definition) is 3. The second-order valence-electron chi connectivity index (χ2n) is 4.70. The van der Waals surface area contributed by atoms with Crippen molar-refractivity contribution in [2.24, 2.45) is 5.10 Å². The van der Waals surface area contributed by atoms with Crippen LogP contribution in [0.1, 0.15) is 23.6 Å². The first-order valence-corrected chi connectivity index (χ1v) is 6.86. The van der Waals surface area contributed by atoms with Crippen molar-refractivity contribution in [3.63, 3.8) is 0 Å². The van der Waals surface area contributed by atoms with Crippen molar-refractivity contribution in [1.82, 2.24) is 5.43 Å². The highest BCUT2D eigenvalue weighted by Crippen LogP contribution is 2.12. The number of nitrogens with one attached hydrogen (secondary N) is 1. The molecule has 0 saturated carbocycles. The summed E-state index contributed by atoms with van der Waals surface area (Å²) in [6.07, 6.45) is 2.69. The molecule has 0 aliphatic heterocycles. The molecule has 0 bridgehead atoms. The number of benzene rings is 2. The molecule has 2 N–H and O–H groups in total. The highest BCUT2D eigenvalue weighted by atomic mass is 16.3. The van der Waals surface area contributed by atoms with Gasteiger partial charge in [-0.2, -0.15) is 5.10 Å². The van der Waals surface area contributed by atoms with Crippen molar-refractivity contribution in [3.05, 3.63) is 65.2 Å². The maximum Gasteiger partial charge on any atom is 0.244 e. The maximum atomic E-state index is 11.8. The molecule has 0 spiro atoms. The van der Waals surface area contributed by atoms with E-state index in [-0.39, 0.29) is 18.1 Å². The van der Waals surface area contributed by atoms with Crippen LogP contribution < -0.4 is 5.43 Å². The molecule has 0 aromatic heterocycles. The van der Waals surface area contributed by atoms with Gasteiger partial charge in [0, 0.05) is 5.56 Å². The molecule has 1 amide bonds. The Morgan fingerprint density at radius 2 is 1.81 bits per heavy atom. The molecule has 0 heterocycles. The van der Waals surface area contributed by atoms with Gasteiger partial charge in [0.15, 0.2) is 0 Å². The Labute approximate surface area is 124 Å². The SMILES string of the molecule is CCc1ccc(CC(=O)N/N=C/c2ccccc2O)cc1. The zero-order chi connectivity index (χ0) is 15.1. The Hall–Kier alpha value is -2.62. The molecule has 2 rings (SSSR count). The molecule has 108 valence electrons. The number of hydrazone groups is 1. The average Bonchev–Trinajstić information content (AvgIpc) is 2.50. The summed E-state index contributed by atoms with van der Waals surface area (Å²) < 4.78 is 0. The summed E-state index contributed by atoms with van der Waals surface area (Å²) in [5.41, 5.74) is 5.21. The summed E-state index contributed by atoms with van der Waals surface area (Å²) in [6.45, 7) is 2.09. The van der Waals surface area contributed by atoms with Crippen molar-refractivity contribution in [1.29, 1.82) is 0 Å². The van der Waals surface area contributed by atoms with E-state index in [4.69, 9.17) is 0 Å². The normalized spacial score (nSPS) is 10.7. The molecule has 0 radical (unpaired) electrons. The van der Waals surface area contributed by atoms with Crippen LogP contribution in [0.4, 0.5) is 0 Å². The van der Waals surface area contributed by atoms with Gasteiger partial charge in [-0.05, 0) is 29.7 Å². The Bertz CT molecular complexity index is 633. The standard InChI is InChI=1S/C17H18N2O2/c1-2-13-7-9-14(10-8-13)11-17(21)19-18-12-15-5-3-4-6-16(15)20/h3-10,12,20H,2,11H2,1H3,(H,19,21)/b18-12+. The van der Waals surface area contributed by atoms with Crippen LogP contribution in [0.5, 0.6) is 5.75 Å². The van der Waals surface area contributed by atoms with E-state index in [9.17, 15) is 9.90 Å². The smallest absolute Gasteiger partial charge is 0.244 e. The summed E-state index contributed by atoms with van der Waals surface area (Å²) in [6, 6.07) is 14.7. The molecule has 0 saturated heterocycles. The van der Waals surface area contributed by atoms with E-state index in [2.05, 4.69) is 17.5 Å². The quantitative estimate of drug-likeness (QED) is 0.654. The third-order valence-electron chi connectivity index (χ3n) is 3.13. The number of carbonyl (C=O) groups excluding carboxylic acids is 1. The second kappa shape index (κ2) is 7.24. The molecule has 4 heteroatoms. The molecule has 0 aliphatic rings. The number of amides is 1. The number of carbonyl (C=O) groups is 1. The highest BCUT2D eigenvalue weighted by molar-refractivity contribution is 5.85. The Morgan fingerprint density at radius 3 is 2.48 bits per heavy atom. The first-order chi connectivity index (χ1) is 10.2. The lowest BCUT2D eigenvalue weighted by Crippen LogP contribution is -2.19. The molecule has 4 nitrogen and oxygen atoms in total. The number of rotatable bonds is 5. The number of para-hydroxylation sites is 1. The lowest BCUT2D eigenvalue weighted by atomic mass is 10.1. The molecule has 0 aliphatic carbocycles. The van der Waals surface area contributed by atoms with Crippen LogP contribution in [0.15, 0.2) is 53.6 Å². The Morgan fingerprint density at radius 1 is 1.14 bits per heavy atom. The topological polar surface area (TPSA) is 61.7 Å². The van der Waals surface area contributed by atoms with Crippen molar-refractivity contribution >= 4 is 12.1 Å². The fourth-order valence-electron chi connectivity index (χ4n) is 1.89. The fourth-order valence-corrected chi connectivity index (χ4v) is 1.89. The second-order valence-corrected chi connectivity index (χ2v) is 4.70. The fraction of sp³-hybridized carbons (Fsp3) is 0.176. The van der Waals surface area contributed by atoms with Gasteiger partial charge in [-0.1, -0.05) is 43.3 Å². The number of aryl methyl sites for hydroxylation is 1. The lowest BCUT2D eigenvalue weighted by Gasteiger charge is -2.02. The van der Waals surface area contributed by atoms with Gasteiger partial charge in [0.05, 0.1) is 12.6 Å². The first-order valence-electron chi connectivity index (χ1n) is 6.86. The highest BCUT2D eigenvalue weighted by Gasteiger charge is 2.02. The molecule has 0 unspecified atom stereocenters. The van der Waals surface area contributed by atoms with Gasteiger partial charge >= 0.3 is 0 Å². The minimum atomic E-state index is -0.189. The number of phenolic OH excluding ortho intramolecular Hbond substituents is 1. The van der Waals surface area contributed by atoms with Crippen molar-refractivity contribution in [3.8, 4) is 5.75 Å². The number of nitrogens with zero attached hydrogens (tertiary/aromatic N) is 1. The molecule has 0 fully saturated rings. The largest absolute Gasteiger partial charge is 0.507 e. The van der Waals surface area contributed by atoms with Crippen molar-refractivity contribution in [2.45, 2.75) is 19.8 Å². The van der Waals surface area contributed by atoms with Crippen molar-refractivity contribution in [2.75, 3.05) is 0 Å². The van der Waals surface area contributed by atoms with E-state index in [1.54, 1.807) is 24.3 Å². The van der Waals surface area contributed by atoms with Gasteiger partial charge < -0.3 is 5.11 Å². The molecule has 2 aromatic carbocycles. The van der Waals surface area contributed by atoms with Crippen LogP contribution in [0.3, 0.4) is 0 Å². The number of hydrogen-bond donors (Lipinski definition) is 2. The van der Waals surface area contributed by atoms with Crippen LogP contribution in [0, 0.1) is 0 Å². The summed E-state index contributed by atoms with van der Waals surface area (Å²) in [5, 5.41) is 13.4. The van der Waals surface area contributed by atoms with E-state index in [0.29, 0.717) is 5.56 Å². The Balaban J connectivity index is 1.88. The number of phenols is 1. The van der Waals surface area contributed by atoms with Crippen LogP contribution >= 0.6 is 0 Å². The van der Waals surface area contributed by atoms with E-state index < -0.39 is 0 Å². The van der Waals surface area contributed by atoms with Crippen LogP contribution in [0.25, 0.3) is 0 Å². The number of aromatic hydroxyl groups is 1. The third-order valence-corrected chi connectivity index (χ3v) is 3.13. The van der Waals surface area contributed by atoms with Crippen LogP contribution in [-0.2, 0) is 17.6 Å². The zero-order valence-corrected chi connectivity index (χ0v) is 11.9. The van der Waals surface area contributed by atoms with Gasteiger partial charge in [-0.25, -0.2) is 5.43 Å². The minimum Gasteiger partial charge on any atom is -0.507 e. The van der Waals surface area contributed by atoms with Gasteiger partial charge in [0.2, 0.25) is 5.91 Å². The van der Waals surface area contributed by atoms with Crippen LogP contribution in [-0.4, -0.2) is 17.2 Å². The summed E-state index contributed by atoms with van der Waals surface area (Å²) in [7, 11) is 0.